The van der Waals surface area contributed by atoms with Crippen molar-refractivity contribution in [3.63, 3.8) is 0 Å². The molecule has 0 saturated carbocycles. The molecule has 4 rings (SSSR count). The van der Waals surface area contributed by atoms with Crippen LogP contribution in [-0.4, -0.2) is 30.8 Å². The first kappa shape index (κ1) is 22.9. The number of amides is 1. The van der Waals surface area contributed by atoms with E-state index >= 15 is 0 Å². The van der Waals surface area contributed by atoms with Crippen molar-refractivity contribution >= 4 is 23.7 Å². The van der Waals surface area contributed by atoms with Crippen LogP contribution in [0.2, 0.25) is 5.02 Å². The van der Waals surface area contributed by atoms with Gasteiger partial charge in [-0.2, -0.15) is 0 Å². The van der Waals surface area contributed by atoms with Crippen molar-refractivity contribution in [2.24, 2.45) is 0 Å². The number of carbonyl (C=O) groups excluding carboxylic acids is 2. The van der Waals surface area contributed by atoms with Crippen LogP contribution in [0.4, 0.5) is 4.79 Å². The van der Waals surface area contributed by atoms with E-state index in [0.29, 0.717) is 5.02 Å². The maximum Gasteiger partial charge on any atom is 0.407 e. The van der Waals surface area contributed by atoms with E-state index in [9.17, 15) is 9.59 Å². The number of esters is 1. The summed E-state index contributed by atoms with van der Waals surface area (Å²) in [5.41, 5.74) is 5.42. The quantitative estimate of drug-likeness (QED) is 0.454. The van der Waals surface area contributed by atoms with Crippen molar-refractivity contribution in [2.45, 2.75) is 38.3 Å². The number of carbonyl (C=O) groups is 2. The van der Waals surface area contributed by atoms with Gasteiger partial charge < -0.3 is 14.8 Å². The molecule has 0 fully saturated rings. The summed E-state index contributed by atoms with van der Waals surface area (Å²) in [5, 5.41) is 3.29. The Balaban J connectivity index is 1.45. The molecule has 1 amide bonds. The van der Waals surface area contributed by atoms with Gasteiger partial charge in [0.15, 0.2) is 0 Å². The number of ether oxygens (including phenoxy) is 2. The van der Waals surface area contributed by atoms with Crippen molar-refractivity contribution in [1.29, 1.82) is 0 Å². The molecule has 1 aliphatic carbocycles. The Morgan fingerprint density at radius 1 is 0.909 bits per heavy atom. The Kier molecular flexibility index (Phi) is 6.99. The number of nitrogens with one attached hydrogen (secondary N) is 1. The zero-order valence-electron chi connectivity index (χ0n) is 18.6. The predicted octanol–water partition coefficient (Wildman–Crippen LogP) is 5.74. The van der Waals surface area contributed by atoms with E-state index in [1.807, 2.05) is 36.4 Å². The van der Waals surface area contributed by atoms with Gasteiger partial charge in [0.05, 0.1) is 6.10 Å². The first-order chi connectivity index (χ1) is 15.9. The smallest absolute Gasteiger partial charge is 0.407 e. The number of benzene rings is 3. The Morgan fingerprint density at radius 3 is 2.06 bits per heavy atom. The molecule has 1 N–H and O–H groups in total. The molecule has 0 heterocycles. The maximum atomic E-state index is 12.7. The van der Waals surface area contributed by atoms with Crippen LogP contribution in [0.5, 0.6) is 0 Å². The fourth-order valence-corrected chi connectivity index (χ4v) is 4.27. The van der Waals surface area contributed by atoms with Gasteiger partial charge in [-0.1, -0.05) is 72.3 Å². The van der Waals surface area contributed by atoms with E-state index in [2.05, 4.69) is 29.6 Å². The third-order valence-electron chi connectivity index (χ3n) is 5.63. The second-order valence-electron chi connectivity index (χ2n) is 8.34. The second kappa shape index (κ2) is 10.1. The normalized spacial score (nSPS) is 13.2. The summed E-state index contributed by atoms with van der Waals surface area (Å²) in [6, 6.07) is 22.5. The summed E-state index contributed by atoms with van der Waals surface area (Å²) >= 11 is 5.96. The van der Waals surface area contributed by atoms with Crippen LogP contribution >= 0.6 is 11.6 Å². The minimum Gasteiger partial charge on any atom is -0.461 e. The van der Waals surface area contributed by atoms with Gasteiger partial charge in [0, 0.05) is 17.4 Å². The first-order valence-corrected chi connectivity index (χ1v) is 11.4. The molecule has 0 saturated heterocycles. The summed E-state index contributed by atoms with van der Waals surface area (Å²) < 4.78 is 10.9. The lowest BCUT2D eigenvalue weighted by molar-refractivity contribution is -0.149. The molecule has 3 aromatic carbocycles. The van der Waals surface area contributed by atoms with Gasteiger partial charge in [-0.25, -0.2) is 9.59 Å². The minimum absolute atomic E-state index is 0.0551. The first-order valence-electron chi connectivity index (χ1n) is 11.0. The van der Waals surface area contributed by atoms with Gasteiger partial charge in [0.1, 0.15) is 12.6 Å². The fourth-order valence-electron chi connectivity index (χ4n) is 4.15. The standard InChI is InChI=1S/C27H26ClNO4/c1-17(2)33-26(30)25(15-18-11-13-19(28)14-12-18)29-27(31)32-16-24-22-9-5-3-7-20(22)21-8-4-6-10-23(21)24/h3-14,17,24-25H,15-16H2,1-2H3,(H,29,31). The Hall–Kier alpha value is -3.31. The molecule has 1 atom stereocenters. The zero-order valence-corrected chi connectivity index (χ0v) is 19.3. The molecule has 170 valence electrons. The number of halogens is 1. The largest absolute Gasteiger partial charge is 0.461 e. The van der Waals surface area contributed by atoms with E-state index in [1.54, 1.807) is 26.0 Å². The highest BCUT2D eigenvalue weighted by molar-refractivity contribution is 6.30. The minimum atomic E-state index is -0.871. The summed E-state index contributed by atoms with van der Waals surface area (Å²) in [7, 11) is 0. The average Bonchev–Trinajstić information content (AvgIpc) is 3.12. The van der Waals surface area contributed by atoms with E-state index in [0.717, 1.165) is 27.8 Å². The summed E-state index contributed by atoms with van der Waals surface area (Å²) in [6.07, 6.45) is -0.682. The van der Waals surface area contributed by atoms with Crippen molar-refractivity contribution in [2.75, 3.05) is 6.61 Å². The monoisotopic (exact) mass is 463 g/mol. The molecule has 5 nitrogen and oxygen atoms in total. The Morgan fingerprint density at radius 2 is 1.48 bits per heavy atom. The molecular formula is C27H26ClNO4. The SMILES string of the molecule is CC(C)OC(=O)C(Cc1ccc(Cl)cc1)NC(=O)OCC1c2ccccc2-c2ccccc21. The van der Waals surface area contributed by atoms with Gasteiger partial charge in [-0.05, 0) is 53.8 Å². The van der Waals surface area contributed by atoms with Crippen LogP contribution in [0.1, 0.15) is 36.5 Å². The van der Waals surface area contributed by atoms with Crippen molar-refractivity contribution in [3.05, 3.63) is 94.5 Å². The van der Waals surface area contributed by atoms with Crippen LogP contribution in [-0.2, 0) is 20.7 Å². The number of rotatable bonds is 7. The predicted molar refractivity (Wildman–Crippen MR) is 128 cm³/mol. The fraction of sp³-hybridized carbons (Fsp3) is 0.259. The highest BCUT2D eigenvalue weighted by Crippen LogP contribution is 2.44. The molecule has 1 unspecified atom stereocenters. The molecule has 0 bridgehead atoms. The molecule has 1 aliphatic rings. The lowest BCUT2D eigenvalue weighted by atomic mass is 9.98. The molecule has 0 spiro atoms. The van der Waals surface area contributed by atoms with E-state index in [-0.39, 0.29) is 25.0 Å². The molecule has 3 aromatic rings. The highest BCUT2D eigenvalue weighted by Gasteiger charge is 2.30. The van der Waals surface area contributed by atoms with E-state index in [1.165, 1.54) is 0 Å². The van der Waals surface area contributed by atoms with Crippen molar-refractivity contribution < 1.29 is 19.1 Å². The van der Waals surface area contributed by atoms with Crippen LogP contribution in [0.25, 0.3) is 11.1 Å². The third-order valence-corrected chi connectivity index (χ3v) is 5.88. The molecule has 33 heavy (non-hydrogen) atoms. The average molecular weight is 464 g/mol. The lowest BCUT2D eigenvalue weighted by Crippen LogP contribution is -2.44. The van der Waals surface area contributed by atoms with Crippen LogP contribution in [0, 0.1) is 0 Å². The van der Waals surface area contributed by atoms with Gasteiger partial charge >= 0.3 is 12.1 Å². The highest BCUT2D eigenvalue weighted by atomic mass is 35.5. The van der Waals surface area contributed by atoms with Crippen LogP contribution in [0.3, 0.4) is 0 Å². The molecule has 6 heteroatoms. The van der Waals surface area contributed by atoms with Crippen LogP contribution in [0.15, 0.2) is 72.8 Å². The van der Waals surface area contributed by atoms with E-state index < -0.39 is 18.1 Å². The van der Waals surface area contributed by atoms with Gasteiger partial charge in [-0.3, -0.25) is 0 Å². The Bertz CT molecular complexity index is 1100. The maximum absolute atomic E-state index is 12.7. The molecule has 0 aliphatic heterocycles. The van der Waals surface area contributed by atoms with Crippen molar-refractivity contribution in [3.8, 4) is 11.1 Å². The van der Waals surface area contributed by atoms with Crippen molar-refractivity contribution in [1.82, 2.24) is 5.32 Å². The number of alkyl carbamates (subject to hydrolysis) is 1. The second-order valence-corrected chi connectivity index (χ2v) is 8.78. The number of hydrogen-bond acceptors (Lipinski definition) is 4. The molecule has 0 aromatic heterocycles. The van der Waals surface area contributed by atoms with Gasteiger partial charge in [0.25, 0.3) is 0 Å². The third kappa shape index (κ3) is 5.37. The Labute approximate surface area is 198 Å². The summed E-state index contributed by atoms with van der Waals surface area (Å²) in [5.74, 6) is -0.561. The molecular weight excluding hydrogens is 438 g/mol. The van der Waals surface area contributed by atoms with Crippen LogP contribution < -0.4 is 5.32 Å². The summed E-state index contributed by atoms with van der Waals surface area (Å²) in [4.78, 5) is 25.3. The van der Waals surface area contributed by atoms with Gasteiger partial charge in [-0.15, -0.1) is 0 Å². The lowest BCUT2D eigenvalue weighted by Gasteiger charge is -2.20. The summed E-state index contributed by atoms with van der Waals surface area (Å²) in [6.45, 7) is 3.71. The number of fused-ring (bicyclic) bond motifs is 3. The topological polar surface area (TPSA) is 64.6 Å². The number of hydrogen-bond donors (Lipinski definition) is 1. The van der Waals surface area contributed by atoms with E-state index in [4.69, 9.17) is 21.1 Å². The van der Waals surface area contributed by atoms with Gasteiger partial charge in [0.2, 0.25) is 0 Å². The molecule has 0 radical (unpaired) electrons. The zero-order chi connectivity index (χ0) is 23.4.